The lowest BCUT2D eigenvalue weighted by Gasteiger charge is -2.35. The number of aliphatic hydroxyl groups is 1. The number of carbonyl (C=O) groups is 1. The lowest BCUT2D eigenvalue weighted by molar-refractivity contribution is -0.136. The van der Waals surface area contributed by atoms with Gasteiger partial charge in [0.15, 0.2) is 11.5 Å². The number of benzene rings is 1. The number of aromatic nitrogens is 3. The number of aliphatic hydroxyl groups excluding tert-OH is 1. The van der Waals surface area contributed by atoms with Crippen LogP contribution in [0.1, 0.15) is 37.9 Å². The highest BCUT2D eigenvalue weighted by Gasteiger charge is 2.28. The van der Waals surface area contributed by atoms with E-state index in [0.717, 1.165) is 29.3 Å². The van der Waals surface area contributed by atoms with Gasteiger partial charge in [0.25, 0.3) is 0 Å². The molecule has 0 saturated carbocycles. The van der Waals surface area contributed by atoms with Crippen molar-refractivity contribution in [3.8, 4) is 11.5 Å². The summed E-state index contributed by atoms with van der Waals surface area (Å²) >= 11 is 0. The van der Waals surface area contributed by atoms with E-state index in [0.29, 0.717) is 52.3 Å². The first kappa shape index (κ1) is 25.4. The summed E-state index contributed by atoms with van der Waals surface area (Å²) in [5, 5.41) is 18.0. The SMILES string of the molecule is C[C@H](CO)N1C[C@H](C)[C@@H](CN(C)Cc2ccc3c(c2)OCCO3)OCc2cnnn2CCCC1=O. The van der Waals surface area contributed by atoms with Crippen LogP contribution in [-0.2, 0) is 29.2 Å². The highest BCUT2D eigenvalue weighted by molar-refractivity contribution is 5.76. The average Bonchev–Trinajstić information content (AvgIpc) is 3.30. The van der Waals surface area contributed by atoms with Gasteiger partial charge in [-0.15, -0.1) is 5.10 Å². The number of fused-ring (bicyclic) bond motifs is 2. The van der Waals surface area contributed by atoms with Crippen LogP contribution < -0.4 is 9.47 Å². The van der Waals surface area contributed by atoms with Gasteiger partial charge in [-0.25, -0.2) is 4.68 Å². The topological polar surface area (TPSA) is 102 Å². The van der Waals surface area contributed by atoms with Crippen LogP contribution in [0.4, 0.5) is 0 Å². The van der Waals surface area contributed by atoms with Gasteiger partial charge < -0.3 is 24.2 Å². The minimum absolute atomic E-state index is 0.0454. The Morgan fingerprint density at radius 3 is 2.86 bits per heavy atom. The molecule has 1 N–H and O–H groups in total. The number of rotatable bonds is 6. The van der Waals surface area contributed by atoms with Crippen molar-refractivity contribution in [2.45, 2.75) is 58.5 Å². The molecular weight excluding hydrogens is 450 g/mol. The number of hydrogen-bond acceptors (Lipinski definition) is 8. The molecule has 0 saturated heterocycles. The Hall–Kier alpha value is -2.69. The lowest BCUT2D eigenvalue weighted by atomic mass is 10.0. The largest absolute Gasteiger partial charge is 0.486 e. The van der Waals surface area contributed by atoms with Gasteiger partial charge in [-0.1, -0.05) is 18.2 Å². The highest BCUT2D eigenvalue weighted by Crippen LogP contribution is 2.31. The van der Waals surface area contributed by atoms with Crippen LogP contribution >= 0.6 is 0 Å². The number of carbonyl (C=O) groups excluding carboxylic acids is 1. The zero-order valence-electron chi connectivity index (χ0n) is 20.9. The average molecular weight is 488 g/mol. The predicted octanol–water partition coefficient (Wildman–Crippen LogP) is 1.71. The molecule has 4 rings (SSSR count). The van der Waals surface area contributed by atoms with E-state index < -0.39 is 0 Å². The molecule has 1 aromatic carbocycles. The quantitative estimate of drug-likeness (QED) is 0.657. The van der Waals surface area contributed by atoms with E-state index in [1.54, 1.807) is 11.1 Å². The molecule has 0 radical (unpaired) electrons. The number of nitrogens with zero attached hydrogens (tertiary/aromatic N) is 5. The highest BCUT2D eigenvalue weighted by atomic mass is 16.6. The van der Waals surface area contributed by atoms with E-state index in [9.17, 15) is 9.90 Å². The molecule has 0 unspecified atom stereocenters. The lowest BCUT2D eigenvalue weighted by Crippen LogP contribution is -2.47. The molecule has 192 valence electrons. The molecule has 0 bridgehead atoms. The molecule has 2 aliphatic heterocycles. The van der Waals surface area contributed by atoms with Crippen LogP contribution in [0.25, 0.3) is 0 Å². The van der Waals surface area contributed by atoms with Gasteiger partial charge in [0.2, 0.25) is 5.91 Å². The summed E-state index contributed by atoms with van der Waals surface area (Å²) in [4.78, 5) is 17.0. The Kier molecular flexibility index (Phi) is 8.59. The summed E-state index contributed by atoms with van der Waals surface area (Å²) in [6, 6.07) is 5.80. The Balaban J connectivity index is 1.48. The Labute approximate surface area is 206 Å². The molecule has 1 amide bonds. The zero-order valence-corrected chi connectivity index (χ0v) is 20.9. The van der Waals surface area contributed by atoms with Crippen LogP contribution in [0.3, 0.4) is 0 Å². The van der Waals surface area contributed by atoms with Crippen molar-refractivity contribution < 1.29 is 24.1 Å². The molecule has 2 aromatic rings. The van der Waals surface area contributed by atoms with Gasteiger partial charge in [-0.2, -0.15) is 0 Å². The standard InChI is InChI=1S/C25H37N5O5/c1-18-13-29(19(2)16-31)25(32)5-4-8-30-21(12-26-27-30)17-35-24(18)15-28(3)14-20-6-7-22-23(11-20)34-10-9-33-22/h6-7,11-12,18-19,24,31H,4-5,8-10,13-17H2,1-3H3/t18-,19+,24+/m0/s1. The van der Waals surface area contributed by atoms with Crippen LogP contribution in [-0.4, -0.2) is 87.9 Å². The summed E-state index contributed by atoms with van der Waals surface area (Å²) in [6.07, 6.45) is 2.67. The van der Waals surface area contributed by atoms with Crippen LogP contribution in [0.5, 0.6) is 11.5 Å². The monoisotopic (exact) mass is 487 g/mol. The van der Waals surface area contributed by atoms with Crippen LogP contribution in [0.15, 0.2) is 24.4 Å². The Bertz CT molecular complexity index is 983. The maximum atomic E-state index is 13.0. The fraction of sp³-hybridized carbons (Fsp3) is 0.640. The van der Waals surface area contributed by atoms with E-state index in [2.05, 4.69) is 35.2 Å². The number of amides is 1. The molecule has 10 heteroatoms. The molecular formula is C25H37N5O5. The van der Waals surface area contributed by atoms with Crippen molar-refractivity contribution in [1.29, 1.82) is 0 Å². The summed E-state index contributed by atoms with van der Waals surface area (Å²) in [5.41, 5.74) is 2.04. The summed E-state index contributed by atoms with van der Waals surface area (Å²) in [6.45, 7) is 8.00. The Morgan fingerprint density at radius 2 is 2.06 bits per heavy atom. The Morgan fingerprint density at radius 1 is 1.26 bits per heavy atom. The molecule has 0 aliphatic carbocycles. The van der Waals surface area contributed by atoms with Gasteiger partial charge >= 0.3 is 0 Å². The molecule has 10 nitrogen and oxygen atoms in total. The van der Waals surface area contributed by atoms with Gasteiger partial charge in [-0.3, -0.25) is 9.69 Å². The van der Waals surface area contributed by atoms with Crippen molar-refractivity contribution in [3.05, 3.63) is 35.7 Å². The minimum Gasteiger partial charge on any atom is -0.486 e. The normalized spacial score (nSPS) is 22.3. The van der Waals surface area contributed by atoms with E-state index in [1.807, 2.05) is 23.7 Å². The van der Waals surface area contributed by atoms with Crippen molar-refractivity contribution in [2.24, 2.45) is 5.92 Å². The van der Waals surface area contributed by atoms with E-state index in [1.165, 1.54) is 0 Å². The summed E-state index contributed by atoms with van der Waals surface area (Å²) < 4.78 is 19.6. The van der Waals surface area contributed by atoms with Crippen molar-refractivity contribution >= 4 is 5.91 Å². The first-order valence-corrected chi connectivity index (χ1v) is 12.4. The smallest absolute Gasteiger partial charge is 0.222 e. The van der Waals surface area contributed by atoms with Crippen molar-refractivity contribution in [1.82, 2.24) is 24.8 Å². The minimum atomic E-state index is -0.245. The molecule has 0 spiro atoms. The second-order valence-corrected chi connectivity index (χ2v) is 9.63. The third-order valence-corrected chi connectivity index (χ3v) is 6.69. The fourth-order valence-electron chi connectivity index (χ4n) is 4.62. The van der Waals surface area contributed by atoms with Crippen LogP contribution in [0, 0.1) is 5.92 Å². The van der Waals surface area contributed by atoms with Gasteiger partial charge in [0.05, 0.1) is 37.3 Å². The molecule has 35 heavy (non-hydrogen) atoms. The molecule has 1 aromatic heterocycles. The summed E-state index contributed by atoms with van der Waals surface area (Å²) in [5.74, 6) is 1.67. The summed E-state index contributed by atoms with van der Waals surface area (Å²) in [7, 11) is 2.06. The molecule has 3 heterocycles. The maximum Gasteiger partial charge on any atom is 0.222 e. The predicted molar refractivity (Wildman–Crippen MR) is 129 cm³/mol. The molecule has 2 aliphatic rings. The zero-order chi connectivity index (χ0) is 24.8. The van der Waals surface area contributed by atoms with Crippen LogP contribution in [0.2, 0.25) is 0 Å². The second kappa shape index (κ2) is 11.8. The third-order valence-electron chi connectivity index (χ3n) is 6.69. The first-order valence-electron chi connectivity index (χ1n) is 12.4. The van der Waals surface area contributed by atoms with E-state index >= 15 is 0 Å². The first-order chi connectivity index (χ1) is 16.9. The number of hydrogen-bond donors (Lipinski definition) is 1. The van der Waals surface area contributed by atoms with Gasteiger partial charge in [-0.05, 0) is 38.1 Å². The number of ether oxygens (including phenoxy) is 3. The van der Waals surface area contributed by atoms with E-state index in [4.69, 9.17) is 14.2 Å². The third kappa shape index (κ3) is 6.50. The maximum absolute atomic E-state index is 13.0. The molecule has 3 atom stereocenters. The van der Waals surface area contributed by atoms with Gasteiger partial charge in [0.1, 0.15) is 13.2 Å². The van der Waals surface area contributed by atoms with Crippen molar-refractivity contribution in [2.75, 3.05) is 40.0 Å². The second-order valence-electron chi connectivity index (χ2n) is 9.63. The van der Waals surface area contributed by atoms with Gasteiger partial charge in [0, 0.05) is 38.5 Å². The van der Waals surface area contributed by atoms with E-state index in [-0.39, 0.29) is 30.6 Å². The fourth-order valence-corrected chi connectivity index (χ4v) is 4.62. The number of likely N-dealkylation sites (N-methyl/N-ethyl adjacent to an activating group) is 1. The van der Waals surface area contributed by atoms with Crippen molar-refractivity contribution in [3.63, 3.8) is 0 Å². The number of aryl methyl sites for hydroxylation is 1. The molecule has 0 fully saturated rings.